The standard InChI is InChI=1S/C18H25N3O7S/c1-3-12(2)16(17(22)20-11-7-6-9-14(20)18(23)24)19-29(27,28)15-10-5-4-8-13(15)21(25)26/h4-5,8,10,12,14,16,19H,3,6-7,9,11H2,1-2H3,(H,23,24)/t12-,14+,16-/m0/s1. The molecule has 1 saturated heterocycles. The number of amides is 1. The van der Waals surface area contributed by atoms with E-state index >= 15 is 0 Å². The van der Waals surface area contributed by atoms with Gasteiger partial charge in [0, 0.05) is 12.6 Å². The highest BCUT2D eigenvalue weighted by molar-refractivity contribution is 7.89. The molecular weight excluding hydrogens is 402 g/mol. The van der Waals surface area contributed by atoms with Crippen LogP contribution in [0.1, 0.15) is 39.5 Å². The first-order valence-electron chi connectivity index (χ1n) is 9.39. The Kier molecular flexibility index (Phi) is 7.31. The topological polar surface area (TPSA) is 147 Å². The summed E-state index contributed by atoms with van der Waals surface area (Å²) in [6, 6.07) is 2.62. The van der Waals surface area contributed by atoms with Crippen LogP contribution in [-0.4, -0.2) is 53.9 Å². The third-order valence-corrected chi connectivity index (χ3v) is 6.67. The lowest BCUT2D eigenvalue weighted by Crippen LogP contribution is -2.57. The number of hydrogen-bond acceptors (Lipinski definition) is 6. The summed E-state index contributed by atoms with van der Waals surface area (Å²) < 4.78 is 28.1. The van der Waals surface area contributed by atoms with Gasteiger partial charge in [0.1, 0.15) is 12.1 Å². The van der Waals surface area contributed by atoms with Crippen molar-refractivity contribution >= 4 is 27.6 Å². The number of aliphatic carboxylic acids is 1. The van der Waals surface area contributed by atoms with Crippen LogP contribution < -0.4 is 4.72 Å². The molecule has 1 aromatic carbocycles. The molecule has 0 aliphatic carbocycles. The normalized spacial score (nSPS) is 19.4. The number of para-hydroxylation sites is 1. The maximum absolute atomic E-state index is 13.1. The smallest absolute Gasteiger partial charge is 0.326 e. The predicted molar refractivity (Wildman–Crippen MR) is 104 cm³/mol. The Bertz CT molecular complexity index is 887. The fourth-order valence-corrected chi connectivity index (χ4v) is 4.81. The molecule has 3 atom stereocenters. The number of nitro benzene ring substituents is 1. The van der Waals surface area contributed by atoms with E-state index in [4.69, 9.17) is 0 Å². The van der Waals surface area contributed by atoms with Crippen molar-refractivity contribution in [3.63, 3.8) is 0 Å². The van der Waals surface area contributed by atoms with Gasteiger partial charge in [-0.2, -0.15) is 4.72 Å². The van der Waals surface area contributed by atoms with Crippen molar-refractivity contribution in [2.45, 2.75) is 56.5 Å². The number of nitrogens with one attached hydrogen (secondary N) is 1. The molecule has 1 aliphatic rings. The second-order valence-electron chi connectivity index (χ2n) is 7.09. The summed E-state index contributed by atoms with van der Waals surface area (Å²) in [4.78, 5) is 35.8. The monoisotopic (exact) mass is 427 g/mol. The van der Waals surface area contributed by atoms with E-state index < -0.39 is 55.4 Å². The minimum absolute atomic E-state index is 0.218. The number of nitrogens with zero attached hydrogens (tertiary/aromatic N) is 2. The van der Waals surface area contributed by atoms with E-state index in [1.54, 1.807) is 13.8 Å². The molecule has 29 heavy (non-hydrogen) atoms. The Balaban J connectivity index is 2.39. The first-order valence-corrected chi connectivity index (χ1v) is 10.9. The Morgan fingerprint density at radius 1 is 1.34 bits per heavy atom. The molecule has 0 unspecified atom stereocenters. The summed E-state index contributed by atoms with van der Waals surface area (Å²) >= 11 is 0. The Labute approximate surface area is 169 Å². The van der Waals surface area contributed by atoms with E-state index in [1.807, 2.05) is 0 Å². The van der Waals surface area contributed by atoms with Crippen LogP contribution in [0.4, 0.5) is 5.69 Å². The maximum Gasteiger partial charge on any atom is 0.326 e. The molecule has 0 spiro atoms. The lowest BCUT2D eigenvalue weighted by Gasteiger charge is -2.36. The second kappa shape index (κ2) is 9.31. The SMILES string of the molecule is CC[C@H](C)[C@H](NS(=O)(=O)c1ccccc1[N+](=O)[O-])C(=O)N1CCCC[C@@H]1C(=O)O. The zero-order valence-electron chi connectivity index (χ0n) is 16.3. The lowest BCUT2D eigenvalue weighted by molar-refractivity contribution is -0.387. The summed E-state index contributed by atoms with van der Waals surface area (Å²) in [7, 11) is -4.40. The Hall–Kier alpha value is -2.53. The number of likely N-dealkylation sites (tertiary alicyclic amines) is 1. The summed E-state index contributed by atoms with van der Waals surface area (Å²) in [5, 5.41) is 20.7. The van der Waals surface area contributed by atoms with Gasteiger partial charge in [0.2, 0.25) is 15.9 Å². The average molecular weight is 427 g/mol. The van der Waals surface area contributed by atoms with Gasteiger partial charge in [-0.1, -0.05) is 32.4 Å². The van der Waals surface area contributed by atoms with Crippen LogP contribution in [0.3, 0.4) is 0 Å². The molecule has 0 bridgehead atoms. The number of rotatable bonds is 8. The molecule has 0 radical (unpaired) electrons. The van der Waals surface area contributed by atoms with Crippen molar-refractivity contribution in [2.75, 3.05) is 6.54 Å². The van der Waals surface area contributed by atoms with Gasteiger partial charge < -0.3 is 10.0 Å². The summed E-state index contributed by atoms with van der Waals surface area (Å²) in [5.41, 5.74) is -0.600. The molecule has 0 aromatic heterocycles. The summed E-state index contributed by atoms with van der Waals surface area (Å²) in [5.74, 6) is -2.22. The number of nitro groups is 1. The number of carbonyl (C=O) groups excluding carboxylic acids is 1. The molecule has 1 aromatic rings. The molecule has 1 aliphatic heterocycles. The van der Waals surface area contributed by atoms with Crippen molar-refractivity contribution in [3.8, 4) is 0 Å². The molecule has 1 fully saturated rings. The van der Waals surface area contributed by atoms with Crippen molar-refractivity contribution in [1.82, 2.24) is 9.62 Å². The number of carbonyl (C=O) groups is 2. The van der Waals surface area contributed by atoms with Crippen molar-refractivity contribution in [2.24, 2.45) is 5.92 Å². The highest BCUT2D eigenvalue weighted by Crippen LogP contribution is 2.26. The Morgan fingerprint density at radius 3 is 2.59 bits per heavy atom. The lowest BCUT2D eigenvalue weighted by atomic mass is 9.95. The second-order valence-corrected chi connectivity index (χ2v) is 8.77. The quantitative estimate of drug-likeness (QED) is 0.474. The molecule has 1 heterocycles. The zero-order chi connectivity index (χ0) is 21.8. The molecule has 2 N–H and O–H groups in total. The zero-order valence-corrected chi connectivity index (χ0v) is 17.1. The van der Waals surface area contributed by atoms with Crippen LogP contribution in [-0.2, 0) is 19.6 Å². The summed E-state index contributed by atoms with van der Waals surface area (Å²) in [6.07, 6.45) is 2.03. The maximum atomic E-state index is 13.1. The predicted octanol–water partition coefficient (Wildman–Crippen LogP) is 1.75. The van der Waals surface area contributed by atoms with Gasteiger partial charge in [-0.25, -0.2) is 13.2 Å². The minimum atomic E-state index is -4.40. The molecule has 2 rings (SSSR count). The van der Waals surface area contributed by atoms with Gasteiger partial charge in [0.05, 0.1) is 4.92 Å². The molecular formula is C18H25N3O7S. The van der Waals surface area contributed by atoms with Gasteiger partial charge in [0.15, 0.2) is 4.90 Å². The average Bonchev–Trinajstić information content (AvgIpc) is 2.70. The highest BCUT2D eigenvalue weighted by Gasteiger charge is 2.39. The van der Waals surface area contributed by atoms with E-state index in [-0.39, 0.29) is 6.54 Å². The van der Waals surface area contributed by atoms with Gasteiger partial charge in [-0.05, 0) is 31.2 Å². The van der Waals surface area contributed by atoms with Crippen molar-refractivity contribution < 1.29 is 28.0 Å². The van der Waals surface area contributed by atoms with Crippen LogP contribution in [0.5, 0.6) is 0 Å². The van der Waals surface area contributed by atoms with Gasteiger partial charge in [0.25, 0.3) is 5.69 Å². The van der Waals surface area contributed by atoms with Crippen LogP contribution >= 0.6 is 0 Å². The first kappa shape index (κ1) is 22.8. The van der Waals surface area contributed by atoms with Crippen LogP contribution in [0.25, 0.3) is 0 Å². The van der Waals surface area contributed by atoms with Crippen LogP contribution in [0.2, 0.25) is 0 Å². The largest absolute Gasteiger partial charge is 0.480 e. The first-order chi connectivity index (χ1) is 13.6. The number of carboxylic acid groups (broad SMARTS) is 1. The molecule has 1 amide bonds. The number of benzene rings is 1. The van der Waals surface area contributed by atoms with Crippen molar-refractivity contribution in [3.05, 3.63) is 34.4 Å². The number of carboxylic acids is 1. The van der Waals surface area contributed by atoms with E-state index in [9.17, 15) is 33.2 Å². The van der Waals surface area contributed by atoms with Gasteiger partial charge in [-0.3, -0.25) is 14.9 Å². The number of piperidine rings is 1. The third kappa shape index (κ3) is 5.10. The van der Waals surface area contributed by atoms with E-state index in [1.165, 1.54) is 17.0 Å². The van der Waals surface area contributed by atoms with Crippen LogP contribution in [0, 0.1) is 16.0 Å². The molecule has 11 heteroatoms. The molecule has 10 nitrogen and oxygen atoms in total. The number of sulfonamides is 1. The molecule has 160 valence electrons. The molecule has 0 saturated carbocycles. The van der Waals surface area contributed by atoms with E-state index in [2.05, 4.69) is 4.72 Å². The Morgan fingerprint density at radius 2 is 2.00 bits per heavy atom. The number of hydrogen-bond donors (Lipinski definition) is 2. The highest BCUT2D eigenvalue weighted by atomic mass is 32.2. The van der Waals surface area contributed by atoms with E-state index in [0.717, 1.165) is 12.1 Å². The van der Waals surface area contributed by atoms with E-state index in [0.29, 0.717) is 25.7 Å². The third-order valence-electron chi connectivity index (χ3n) is 5.18. The summed E-state index contributed by atoms with van der Waals surface area (Å²) in [6.45, 7) is 3.66. The fraction of sp³-hybridized carbons (Fsp3) is 0.556. The fourth-order valence-electron chi connectivity index (χ4n) is 3.34. The minimum Gasteiger partial charge on any atom is -0.480 e. The van der Waals surface area contributed by atoms with Gasteiger partial charge >= 0.3 is 5.97 Å². The van der Waals surface area contributed by atoms with Crippen molar-refractivity contribution in [1.29, 1.82) is 0 Å². The van der Waals surface area contributed by atoms with Crippen LogP contribution in [0.15, 0.2) is 29.2 Å². The van der Waals surface area contributed by atoms with Gasteiger partial charge in [-0.15, -0.1) is 0 Å².